The average Bonchev–Trinajstić information content (AvgIpc) is 2.90. The van der Waals surface area contributed by atoms with Crippen molar-refractivity contribution in [1.29, 1.82) is 0 Å². The first kappa shape index (κ1) is 25.5. The Hall–Kier alpha value is -3.57. The Morgan fingerprint density at radius 3 is 2.31 bits per heavy atom. The van der Waals surface area contributed by atoms with Gasteiger partial charge in [-0.25, -0.2) is 14.2 Å². The lowest BCUT2D eigenvalue weighted by atomic mass is 9.94. The molecule has 1 aromatic heterocycles. The summed E-state index contributed by atoms with van der Waals surface area (Å²) in [5.74, 6) is -0.889. The van der Waals surface area contributed by atoms with Gasteiger partial charge in [0.15, 0.2) is 12.3 Å². The van der Waals surface area contributed by atoms with Crippen LogP contribution < -0.4 is 11.2 Å². The van der Waals surface area contributed by atoms with Gasteiger partial charge in [0.1, 0.15) is 12.3 Å². The molecule has 1 atom stereocenters. The average molecular weight is 497 g/mol. The number of aliphatic hydroxyl groups is 1. The lowest BCUT2D eigenvalue weighted by Crippen LogP contribution is -2.57. The number of carbonyl (C=O) groups excluding carboxylic acids is 1. The molecular formula is C26H28N2O8. The second-order valence-corrected chi connectivity index (χ2v) is 8.59. The number of aromatic nitrogens is 2. The molecule has 4 rings (SSSR count). The highest BCUT2D eigenvalue weighted by Gasteiger charge is 2.48. The van der Waals surface area contributed by atoms with Gasteiger partial charge in [-0.2, -0.15) is 0 Å². The molecule has 3 aromatic rings. The molecule has 0 amide bonds. The molecule has 1 aliphatic rings. The van der Waals surface area contributed by atoms with Gasteiger partial charge in [0.25, 0.3) is 5.56 Å². The number of benzene rings is 2. The van der Waals surface area contributed by atoms with Gasteiger partial charge in [-0.05, 0) is 12.5 Å². The SMILES string of the molecule is COC(=O)C(n1cc(C)c(=O)n(COCc2ccccc2)c1=O)C1(O)COC(c2ccccc2)OC1. The van der Waals surface area contributed by atoms with Crippen LogP contribution in [0.3, 0.4) is 0 Å². The maximum atomic E-state index is 13.4. The van der Waals surface area contributed by atoms with Crippen molar-refractivity contribution in [1.82, 2.24) is 9.13 Å². The third kappa shape index (κ3) is 5.31. The van der Waals surface area contributed by atoms with E-state index >= 15 is 0 Å². The summed E-state index contributed by atoms with van der Waals surface area (Å²) < 4.78 is 23.8. The van der Waals surface area contributed by atoms with Crippen LogP contribution in [0.1, 0.15) is 29.0 Å². The summed E-state index contributed by atoms with van der Waals surface area (Å²) in [4.78, 5) is 39.0. The predicted octanol–water partition coefficient (Wildman–Crippen LogP) is 1.68. The van der Waals surface area contributed by atoms with Crippen LogP contribution in [0.15, 0.2) is 76.4 Å². The minimum Gasteiger partial charge on any atom is -0.467 e. The van der Waals surface area contributed by atoms with E-state index in [2.05, 4.69) is 0 Å². The summed E-state index contributed by atoms with van der Waals surface area (Å²) in [5.41, 5.74) is -1.57. The molecule has 190 valence electrons. The van der Waals surface area contributed by atoms with Gasteiger partial charge in [0, 0.05) is 17.3 Å². The lowest BCUT2D eigenvalue weighted by Gasteiger charge is -2.40. The Balaban J connectivity index is 1.62. The van der Waals surface area contributed by atoms with Gasteiger partial charge in [0.2, 0.25) is 0 Å². The number of rotatable bonds is 8. The highest BCUT2D eigenvalue weighted by molar-refractivity contribution is 5.75. The molecule has 10 heteroatoms. The fourth-order valence-corrected chi connectivity index (χ4v) is 4.08. The van der Waals surface area contributed by atoms with Crippen LogP contribution in [0.25, 0.3) is 0 Å². The van der Waals surface area contributed by atoms with Crippen molar-refractivity contribution < 1.29 is 28.8 Å². The Morgan fingerprint density at radius 2 is 1.69 bits per heavy atom. The second-order valence-electron chi connectivity index (χ2n) is 8.59. The van der Waals surface area contributed by atoms with Crippen LogP contribution in [-0.4, -0.2) is 46.1 Å². The number of aryl methyl sites for hydroxylation is 1. The zero-order valence-corrected chi connectivity index (χ0v) is 20.0. The van der Waals surface area contributed by atoms with Crippen molar-refractivity contribution in [3.05, 3.63) is 104 Å². The molecule has 2 aromatic carbocycles. The normalized spacial score (nSPS) is 20.6. The summed E-state index contributed by atoms with van der Waals surface area (Å²) in [6.07, 6.45) is 0.477. The molecule has 0 radical (unpaired) electrons. The highest BCUT2D eigenvalue weighted by atomic mass is 16.7. The third-order valence-corrected chi connectivity index (χ3v) is 5.95. The molecule has 1 fully saturated rings. The molecule has 1 aliphatic heterocycles. The van der Waals surface area contributed by atoms with Gasteiger partial charge in [-0.3, -0.25) is 9.36 Å². The largest absolute Gasteiger partial charge is 0.467 e. The Morgan fingerprint density at radius 1 is 1.08 bits per heavy atom. The number of methoxy groups -OCH3 is 1. The molecule has 1 N–H and O–H groups in total. The maximum absolute atomic E-state index is 13.4. The molecule has 36 heavy (non-hydrogen) atoms. The molecule has 0 saturated carbocycles. The molecule has 0 spiro atoms. The minimum absolute atomic E-state index is 0.174. The number of hydrogen-bond acceptors (Lipinski definition) is 8. The summed E-state index contributed by atoms with van der Waals surface area (Å²) in [6.45, 7) is 0.698. The van der Waals surface area contributed by atoms with Crippen molar-refractivity contribution >= 4 is 5.97 Å². The smallest absolute Gasteiger partial charge is 0.333 e. The van der Waals surface area contributed by atoms with Gasteiger partial charge in [-0.15, -0.1) is 0 Å². The van der Waals surface area contributed by atoms with Crippen LogP contribution >= 0.6 is 0 Å². The third-order valence-electron chi connectivity index (χ3n) is 5.95. The molecule has 1 unspecified atom stereocenters. The van der Waals surface area contributed by atoms with E-state index in [9.17, 15) is 19.5 Å². The van der Waals surface area contributed by atoms with E-state index in [0.29, 0.717) is 0 Å². The van der Waals surface area contributed by atoms with Crippen molar-refractivity contribution in [2.24, 2.45) is 0 Å². The molecule has 1 saturated heterocycles. The monoisotopic (exact) mass is 496 g/mol. The van der Waals surface area contributed by atoms with E-state index in [4.69, 9.17) is 18.9 Å². The van der Waals surface area contributed by atoms with Crippen LogP contribution in [0.4, 0.5) is 0 Å². The molecule has 10 nitrogen and oxygen atoms in total. The zero-order valence-electron chi connectivity index (χ0n) is 20.0. The maximum Gasteiger partial charge on any atom is 0.333 e. The Kier molecular flexibility index (Phi) is 7.80. The van der Waals surface area contributed by atoms with Gasteiger partial charge < -0.3 is 24.1 Å². The molecule has 0 aliphatic carbocycles. The van der Waals surface area contributed by atoms with E-state index in [1.54, 1.807) is 0 Å². The quantitative estimate of drug-likeness (QED) is 0.468. The molecule has 0 bridgehead atoms. The Labute approximate surface area is 207 Å². The van der Waals surface area contributed by atoms with Gasteiger partial charge in [0.05, 0.1) is 26.9 Å². The fourth-order valence-electron chi connectivity index (χ4n) is 4.08. The van der Waals surface area contributed by atoms with E-state index in [1.165, 1.54) is 13.1 Å². The number of esters is 1. The van der Waals surface area contributed by atoms with Crippen LogP contribution in [-0.2, 0) is 37.1 Å². The first-order chi connectivity index (χ1) is 17.3. The van der Waals surface area contributed by atoms with Crippen molar-refractivity contribution in [2.45, 2.75) is 38.2 Å². The first-order valence-electron chi connectivity index (χ1n) is 11.4. The first-order valence-corrected chi connectivity index (χ1v) is 11.4. The van der Waals surface area contributed by atoms with Crippen LogP contribution in [0, 0.1) is 6.92 Å². The van der Waals surface area contributed by atoms with Crippen molar-refractivity contribution in [3.63, 3.8) is 0 Å². The van der Waals surface area contributed by atoms with E-state index < -0.39 is 35.2 Å². The predicted molar refractivity (Wildman–Crippen MR) is 128 cm³/mol. The van der Waals surface area contributed by atoms with E-state index in [1.807, 2.05) is 60.7 Å². The number of nitrogens with zero attached hydrogens (tertiary/aromatic N) is 2. The molecular weight excluding hydrogens is 468 g/mol. The van der Waals surface area contributed by atoms with Crippen molar-refractivity contribution in [3.8, 4) is 0 Å². The summed E-state index contributed by atoms with van der Waals surface area (Å²) in [5, 5.41) is 11.4. The summed E-state index contributed by atoms with van der Waals surface area (Å²) >= 11 is 0. The Bertz CT molecular complexity index is 1300. The van der Waals surface area contributed by atoms with Crippen molar-refractivity contribution in [2.75, 3.05) is 20.3 Å². The summed E-state index contributed by atoms with van der Waals surface area (Å²) in [6, 6.07) is 16.9. The second kappa shape index (κ2) is 11.0. The fraction of sp³-hybridized carbons (Fsp3) is 0.346. The van der Waals surface area contributed by atoms with E-state index in [0.717, 1.165) is 27.4 Å². The topological polar surface area (TPSA) is 118 Å². The van der Waals surface area contributed by atoms with E-state index in [-0.39, 0.29) is 32.1 Å². The van der Waals surface area contributed by atoms with Crippen LogP contribution in [0.5, 0.6) is 0 Å². The van der Waals surface area contributed by atoms with Gasteiger partial charge in [-0.1, -0.05) is 60.7 Å². The standard InChI is InChI=1S/C26H28N2O8/c1-18-13-27(25(31)28(22(18)29)17-34-14-19-9-5-3-6-10-19)21(23(30)33-2)26(32)15-35-24(36-16-26)20-11-7-4-8-12-20/h3-13,21,24,32H,14-17H2,1-2H3. The van der Waals surface area contributed by atoms with Gasteiger partial charge >= 0.3 is 11.7 Å². The lowest BCUT2D eigenvalue weighted by molar-refractivity contribution is -0.268. The molecule has 2 heterocycles. The summed E-state index contributed by atoms with van der Waals surface area (Å²) in [7, 11) is 1.15. The number of ether oxygens (including phenoxy) is 4. The number of hydrogen-bond donors (Lipinski definition) is 1. The van der Waals surface area contributed by atoms with Crippen LogP contribution in [0.2, 0.25) is 0 Å². The number of carbonyl (C=O) groups is 1. The zero-order chi connectivity index (χ0) is 25.7. The minimum atomic E-state index is -1.94. The highest BCUT2D eigenvalue weighted by Crippen LogP contribution is 2.33.